The van der Waals surface area contributed by atoms with E-state index in [1.165, 1.54) is 33.5 Å². The van der Waals surface area contributed by atoms with Crippen LogP contribution in [0.1, 0.15) is 55.9 Å². The predicted molar refractivity (Wildman–Crippen MR) is 158 cm³/mol. The Labute approximate surface area is 228 Å². The van der Waals surface area contributed by atoms with Gasteiger partial charge in [-0.15, -0.1) is 0 Å². The number of nitrogens with zero attached hydrogens (tertiary/aromatic N) is 3. The number of aryl methyl sites for hydroxylation is 4. The summed E-state index contributed by atoms with van der Waals surface area (Å²) >= 11 is 0. The van der Waals surface area contributed by atoms with E-state index in [1.54, 1.807) is 0 Å². The molecular formula is C32H42N4O2. The number of rotatable bonds is 5. The van der Waals surface area contributed by atoms with Gasteiger partial charge in [-0.3, -0.25) is 4.98 Å². The van der Waals surface area contributed by atoms with E-state index in [-0.39, 0.29) is 12.1 Å². The standard InChI is InChI=1S/C32H42N4O2/c1-21-13-22(2)16-25(15-21)28-19-33-20-29(35(8)27-17-23(3)14-24(4)18-27)30(28)36-11-9-26(10-12-36)34-31(37)38-32(5,6)7/h13-20,26H,9-12H2,1-8H3,(H,34,37). The van der Waals surface area contributed by atoms with Crippen LogP contribution < -0.4 is 15.1 Å². The largest absolute Gasteiger partial charge is 0.444 e. The zero-order valence-corrected chi connectivity index (χ0v) is 24.2. The van der Waals surface area contributed by atoms with Crippen molar-refractivity contribution in [2.75, 3.05) is 29.9 Å². The number of hydrogen-bond donors (Lipinski definition) is 1. The van der Waals surface area contributed by atoms with Crippen LogP contribution in [0.3, 0.4) is 0 Å². The monoisotopic (exact) mass is 514 g/mol. The summed E-state index contributed by atoms with van der Waals surface area (Å²) < 4.78 is 5.49. The molecule has 0 radical (unpaired) electrons. The summed E-state index contributed by atoms with van der Waals surface area (Å²) in [5, 5.41) is 3.07. The van der Waals surface area contributed by atoms with Crippen LogP contribution in [0.15, 0.2) is 48.8 Å². The maximum atomic E-state index is 12.4. The molecule has 1 aliphatic heterocycles. The molecule has 4 rings (SSSR count). The lowest BCUT2D eigenvalue weighted by Crippen LogP contribution is -2.46. The van der Waals surface area contributed by atoms with Crippen molar-refractivity contribution in [2.24, 2.45) is 0 Å². The fourth-order valence-electron chi connectivity index (χ4n) is 5.37. The van der Waals surface area contributed by atoms with Gasteiger partial charge in [0.2, 0.25) is 0 Å². The van der Waals surface area contributed by atoms with Gasteiger partial charge in [-0.1, -0.05) is 35.4 Å². The Morgan fingerprint density at radius 1 is 0.921 bits per heavy atom. The van der Waals surface area contributed by atoms with Crippen molar-refractivity contribution < 1.29 is 9.53 Å². The fourth-order valence-corrected chi connectivity index (χ4v) is 5.37. The Hall–Kier alpha value is -3.54. The highest BCUT2D eigenvalue weighted by molar-refractivity contribution is 5.90. The smallest absolute Gasteiger partial charge is 0.407 e. The second-order valence-corrected chi connectivity index (χ2v) is 11.7. The van der Waals surface area contributed by atoms with Gasteiger partial charge >= 0.3 is 6.09 Å². The van der Waals surface area contributed by atoms with E-state index in [1.807, 2.05) is 33.2 Å². The van der Waals surface area contributed by atoms with Crippen molar-refractivity contribution in [3.8, 4) is 11.1 Å². The highest BCUT2D eigenvalue weighted by atomic mass is 16.6. The van der Waals surface area contributed by atoms with Crippen molar-refractivity contribution in [1.29, 1.82) is 0 Å². The van der Waals surface area contributed by atoms with Crippen LogP contribution >= 0.6 is 0 Å². The zero-order chi connectivity index (χ0) is 27.6. The third-order valence-electron chi connectivity index (χ3n) is 6.92. The lowest BCUT2D eigenvalue weighted by Gasteiger charge is -2.37. The summed E-state index contributed by atoms with van der Waals surface area (Å²) in [4.78, 5) is 21.8. The molecule has 0 atom stereocenters. The first-order valence-electron chi connectivity index (χ1n) is 13.5. The number of nitrogens with one attached hydrogen (secondary N) is 1. The number of hydrogen-bond acceptors (Lipinski definition) is 5. The summed E-state index contributed by atoms with van der Waals surface area (Å²) in [7, 11) is 2.12. The molecule has 38 heavy (non-hydrogen) atoms. The third-order valence-corrected chi connectivity index (χ3v) is 6.92. The second kappa shape index (κ2) is 11.1. The second-order valence-electron chi connectivity index (χ2n) is 11.7. The van der Waals surface area contributed by atoms with Gasteiger partial charge in [0.1, 0.15) is 5.60 Å². The van der Waals surface area contributed by atoms with Gasteiger partial charge in [0.05, 0.1) is 17.6 Å². The Bertz CT molecular complexity index is 1260. The van der Waals surface area contributed by atoms with E-state index in [2.05, 4.69) is 86.3 Å². The molecule has 6 heteroatoms. The zero-order valence-electron chi connectivity index (χ0n) is 24.2. The summed E-state index contributed by atoms with van der Waals surface area (Å²) in [5.41, 5.74) is 10.1. The van der Waals surface area contributed by atoms with Gasteiger partial charge in [0, 0.05) is 43.6 Å². The Kier molecular flexibility index (Phi) is 8.00. The van der Waals surface area contributed by atoms with E-state index < -0.39 is 5.60 Å². The number of ether oxygens (including phenoxy) is 1. The lowest BCUT2D eigenvalue weighted by molar-refractivity contribution is 0.0497. The quantitative estimate of drug-likeness (QED) is 0.389. The van der Waals surface area contributed by atoms with Crippen molar-refractivity contribution in [3.05, 3.63) is 71.0 Å². The van der Waals surface area contributed by atoms with Crippen LogP contribution in [0.2, 0.25) is 0 Å². The first-order valence-corrected chi connectivity index (χ1v) is 13.5. The van der Waals surface area contributed by atoms with Crippen molar-refractivity contribution in [3.63, 3.8) is 0 Å². The van der Waals surface area contributed by atoms with Gasteiger partial charge in [0.25, 0.3) is 0 Å². The van der Waals surface area contributed by atoms with E-state index in [9.17, 15) is 4.79 Å². The molecule has 1 fully saturated rings. The summed E-state index contributed by atoms with van der Waals surface area (Å²) in [6, 6.07) is 13.4. The first-order chi connectivity index (χ1) is 17.9. The van der Waals surface area contributed by atoms with Crippen LogP contribution in [0.4, 0.5) is 21.9 Å². The summed E-state index contributed by atoms with van der Waals surface area (Å²) in [6.07, 6.45) is 5.32. The van der Waals surface area contributed by atoms with Gasteiger partial charge in [-0.05, 0) is 90.1 Å². The molecule has 0 saturated carbocycles. The molecule has 0 unspecified atom stereocenters. The molecule has 1 aliphatic rings. The molecule has 0 aliphatic carbocycles. The van der Waals surface area contributed by atoms with Crippen LogP contribution in [0, 0.1) is 27.7 Å². The minimum absolute atomic E-state index is 0.0909. The molecular weight excluding hydrogens is 472 g/mol. The molecule has 6 nitrogen and oxygen atoms in total. The van der Waals surface area contributed by atoms with Gasteiger partial charge in [-0.25, -0.2) is 4.79 Å². The van der Waals surface area contributed by atoms with Crippen LogP contribution in [0.5, 0.6) is 0 Å². The summed E-state index contributed by atoms with van der Waals surface area (Å²) in [6.45, 7) is 15.9. The fraction of sp³-hybridized carbons (Fsp3) is 0.438. The Morgan fingerprint density at radius 2 is 1.47 bits per heavy atom. The van der Waals surface area contributed by atoms with E-state index in [0.717, 1.165) is 42.9 Å². The van der Waals surface area contributed by atoms with Gasteiger partial charge in [-0.2, -0.15) is 0 Å². The molecule has 202 valence electrons. The van der Waals surface area contributed by atoms with Crippen LogP contribution in [-0.4, -0.2) is 42.9 Å². The van der Waals surface area contributed by atoms with E-state index in [4.69, 9.17) is 9.72 Å². The van der Waals surface area contributed by atoms with Crippen molar-refractivity contribution in [2.45, 2.75) is 73.0 Å². The number of anilines is 3. The molecule has 2 heterocycles. The number of carbonyl (C=O) groups excluding carboxylic acids is 1. The molecule has 1 saturated heterocycles. The maximum Gasteiger partial charge on any atom is 0.407 e. The van der Waals surface area contributed by atoms with Crippen LogP contribution in [-0.2, 0) is 4.74 Å². The van der Waals surface area contributed by atoms with Crippen molar-refractivity contribution in [1.82, 2.24) is 10.3 Å². The number of carbonyl (C=O) groups is 1. The van der Waals surface area contributed by atoms with E-state index in [0.29, 0.717) is 0 Å². The van der Waals surface area contributed by atoms with Gasteiger partial charge in [0.15, 0.2) is 0 Å². The van der Waals surface area contributed by atoms with E-state index >= 15 is 0 Å². The Morgan fingerprint density at radius 3 is 2.03 bits per heavy atom. The molecule has 0 bridgehead atoms. The first kappa shape index (κ1) is 27.5. The normalized spacial score (nSPS) is 14.4. The summed E-state index contributed by atoms with van der Waals surface area (Å²) in [5.74, 6) is 0. The minimum atomic E-state index is -0.504. The SMILES string of the molecule is Cc1cc(C)cc(-c2cncc(N(C)c3cc(C)cc(C)c3)c2N2CCC(NC(=O)OC(C)(C)C)CC2)c1. The number of piperidine rings is 1. The number of alkyl carbamates (subject to hydrolysis) is 1. The average Bonchev–Trinajstić information content (AvgIpc) is 2.81. The topological polar surface area (TPSA) is 57.7 Å². The molecule has 1 N–H and O–H groups in total. The lowest BCUT2D eigenvalue weighted by atomic mass is 9.97. The molecule has 1 aromatic heterocycles. The van der Waals surface area contributed by atoms with Crippen LogP contribution in [0.25, 0.3) is 11.1 Å². The highest BCUT2D eigenvalue weighted by Gasteiger charge is 2.27. The van der Waals surface area contributed by atoms with Crippen molar-refractivity contribution >= 4 is 23.2 Å². The Balaban J connectivity index is 1.69. The molecule has 2 aromatic carbocycles. The number of pyridine rings is 1. The molecule has 0 spiro atoms. The number of amides is 1. The molecule has 1 amide bonds. The average molecular weight is 515 g/mol. The highest BCUT2D eigenvalue weighted by Crippen LogP contribution is 2.42. The minimum Gasteiger partial charge on any atom is -0.444 e. The predicted octanol–water partition coefficient (Wildman–Crippen LogP) is 7.24. The van der Waals surface area contributed by atoms with Gasteiger partial charge < -0.3 is 19.9 Å². The number of benzene rings is 2. The molecule has 3 aromatic rings. The third kappa shape index (κ3) is 6.66. The number of aromatic nitrogens is 1. The maximum absolute atomic E-state index is 12.4.